The monoisotopic (exact) mass is 409 g/mol. The predicted octanol–water partition coefficient (Wildman–Crippen LogP) is 3.33. The van der Waals surface area contributed by atoms with Crippen LogP contribution < -0.4 is 0 Å². The number of piperidine rings is 2. The number of aromatic nitrogens is 3. The summed E-state index contributed by atoms with van der Waals surface area (Å²) in [5, 5.41) is 7.54. The van der Waals surface area contributed by atoms with Crippen molar-refractivity contribution in [2.24, 2.45) is 0 Å². The number of ether oxygens (including phenoxy) is 2. The lowest BCUT2D eigenvalue weighted by Crippen LogP contribution is -2.52. The first kappa shape index (κ1) is 19.9. The number of methoxy groups -OCH3 is 1. The van der Waals surface area contributed by atoms with Gasteiger partial charge in [0.05, 0.1) is 31.0 Å². The van der Waals surface area contributed by atoms with Crippen LogP contribution in [0, 0.1) is 0 Å². The van der Waals surface area contributed by atoms with Crippen LogP contribution >= 0.6 is 0 Å². The maximum absolute atomic E-state index is 6.01. The Bertz CT molecular complexity index is 982. The maximum Gasteiger partial charge on any atom is 0.159 e. The second kappa shape index (κ2) is 8.98. The van der Waals surface area contributed by atoms with E-state index in [4.69, 9.17) is 9.47 Å². The van der Waals surface area contributed by atoms with E-state index < -0.39 is 0 Å². The van der Waals surface area contributed by atoms with Gasteiger partial charge in [0.2, 0.25) is 0 Å². The third kappa shape index (κ3) is 3.95. The molecule has 0 amide bonds. The molecule has 1 atom stereocenters. The number of pyridine rings is 2. The van der Waals surface area contributed by atoms with Crippen LogP contribution in [0.25, 0.3) is 21.9 Å². The molecule has 0 saturated carbocycles. The van der Waals surface area contributed by atoms with Crippen LogP contribution in [-0.2, 0) is 9.47 Å². The number of nitrogens with one attached hydrogen (secondary N) is 1. The van der Waals surface area contributed by atoms with Crippen molar-refractivity contribution in [2.45, 2.75) is 37.7 Å². The first-order valence-corrected chi connectivity index (χ1v) is 11.1. The maximum atomic E-state index is 6.01. The van der Waals surface area contributed by atoms with E-state index in [1.807, 2.05) is 12.4 Å². The van der Waals surface area contributed by atoms with Crippen molar-refractivity contribution in [3.63, 3.8) is 0 Å². The van der Waals surface area contributed by atoms with Gasteiger partial charge >= 0.3 is 0 Å². The highest BCUT2D eigenvalue weighted by atomic mass is 16.5. The molecule has 7 nitrogen and oxygen atoms in total. The Morgan fingerprint density at radius 2 is 1.97 bits per heavy atom. The molecule has 0 aromatic carbocycles. The van der Waals surface area contributed by atoms with E-state index in [0.717, 1.165) is 49.1 Å². The smallest absolute Gasteiger partial charge is 0.159 e. The minimum atomic E-state index is 0.325. The molecule has 1 N–H and O–H groups in total. The first-order valence-electron chi connectivity index (χ1n) is 11.1. The predicted molar refractivity (Wildman–Crippen MR) is 117 cm³/mol. The SMILES string of the molecule is COCCOC1CCCN(N2CCC(c3cc[nH]c4cnc5nccc5c34)CC2)C1. The number of nitrogens with zero attached hydrogens (tertiary/aromatic N) is 4. The highest BCUT2D eigenvalue weighted by Crippen LogP contribution is 2.35. The third-order valence-electron chi connectivity index (χ3n) is 6.63. The molecule has 2 aliphatic rings. The number of hydrazine groups is 1. The summed E-state index contributed by atoms with van der Waals surface area (Å²) in [7, 11) is 1.73. The zero-order valence-corrected chi connectivity index (χ0v) is 17.7. The average Bonchev–Trinajstić information content (AvgIpc) is 3.28. The van der Waals surface area contributed by atoms with Crippen molar-refractivity contribution >= 4 is 21.9 Å². The summed E-state index contributed by atoms with van der Waals surface area (Å²) in [6, 6.07) is 4.35. The van der Waals surface area contributed by atoms with E-state index in [1.54, 1.807) is 7.11 Å². The molecule has 5 rings (SSSR count). The van der Waals surface area contributed by atoms with Gasteiger partial charge in [0.25, 0.3) is 0 Å². The van der Waals surface area contributed by atoms with Gasteiger partial charge < -0.3 is 14.5 Å². The van der Waals surface area contributed by atoms with Gasteiger partial charge in [-0.05, 0) is 49.3 Å². The summed E-state index contributed by atoms with van der Waals surface area (Å²) in [5.74, 6) is 0.567. The Hall–Kier alpha value is -2.06. The number of hydrogen-bond acceptors (Lipinski definition) is 6. The Labute approximate surface area is 177 Å². The van der Waals surface area contributed by atoms with E-state index in [-0.39, 0.29) is 0 Å². The van der Waals surface area contributed by atoms with E-state index in [0.29, 0.717) is 25.2 Å². The van der Waals surface area contributed by atoms with Crippen molar-refractivity contribution in [3.05, 3.63) is 36.3 Å². The molecule has 0 bridgehead atoms. The van der Waals surface area contributed by atoms with Gasteiger partial charge in [0.1, 0.15) is 0 Å². The lowest BCUT2D eigenvalue weighted by atomic mass is 9.87. The summed E-state index contributed by atoms with van der Waals surface area (Å²) >= 11 is 0. The molecule has 0 radical (unpaired) electrons. The van der Waals surface area contributed by atoms with Gasteiger partial charge in [-0.2, -0.15) is 0 Å². The molecular formula is C23H31N5O2. The number of fused-ring (bicyclic) bond motifs is 3. The zero-order valence-electron chi connectivity index (χ0n) is 17.7. The molecule has 7 heteroatoms. The minimum absolute atomic E-state index is 0.325. The van der Waals surface area contributed by atoms with Crippen LogP contribution in [0.15, 0.2) is 30.7 Å². The zero-order chi connectivity index (χ0) is 20.3. The highest BCUT2D eigenvalue weighted by molar-refractivity contribution is 6.05. The largest absolute Gasteiger partial charge is 0.382 e. The summed E-state index contributed by atoms with van der Waals surface area (Å²) in [5.41, 5.74) is 3.37. The van der Waals surface area contributed by atoms with E-state index in [1.165, 1.54) is 30.2 Å². The van der Waals surface area contributed by atoms with Crippen molar-refractivity contribution in [1.82, 2.24) is 25.0 Å². The van der Waals surface area contributed by atoms with Crippen LogP contribution in [0.2, 0.25) is 0 Å². The standard InChI is InChI=1S/C23H31N5O2/c1-29-13-14-30-18-3-2-10-28(16-18)27-11-6-17(7-12-27)19-4-8-24-21-15-26-23-20(22(19)21)5-9-25-23/h4-5,8-9,15,17-18,24H,2-3,6-7,10-14,16H2,1H3. The number of aromatic amines is 1. The lowest BCUT2D eigenvalue weighted by Gasteiger charge is -2.43. The molecule has 1 unspecified atom stereocenters. The van der Waals surface area contributed by atoms with Gasteiger partial charge in [-0.15, -0.1) is 0 Å². The van der Waals surface area contributed by atoms with Gasteiger partial charge in [-0.1, -0.05) is 0 Å². The normalized spacial score (nSPS) is 22.2. The van der Waals surface area contributed by atoms with Gasteiger partial charge in [-0.3, -0.25) is 0 Å². The fraction of sp³-hybridized carbons (Fsp3) is 0.565. The quantitative estimate of drug-likeness (QED) is 0.630. The van der Waals surface area contributed by atoms with E-state index in [9.17, 15) is 0 Å². The van der Waals surface area contributed by atoms with E-state index in [2.05, 4.69) is 43.3 Å². The van der Waals surface area contributed by atoms with Gasteiger partial charge in [0.15, 0.2) is 5.65 Å². The van der Waals surface area contributed by atoms with Gasteiger partial charge in [0, 0.05) is 56.5 Å². The molecule has 3 aromatic heterocycles. The molecular weight excluding hydrogens is 378 g/mol. The minimum Gasteiger partial charge on any atom is -0.382 e. The molecule has 160 valence electrons. The topological polar surface area (TPSA) is 66.5 Å². The first-order chi connectivity index (χ1) is 14.8. The van der Waals surface area contributed by atoms with E-state index >= 15 is 0 Å². The molecule has 0 aliphatic carbocycles. The molecule has 2 fully saturated rings. The fourth-order valence-corrected chi connectivity index (χ4v) is 5.09. The van der Waals surface area contributed by atoms with Crippen molar-refractivity contribution in [2.75, 3.05) is 46.5 Å². The summed E-state index contributed by atoms with van der Waals surface area (Å²) in [4.78, 5) is 12.3. The Morgan fingerprint density at radius 3 is 2.83 bits per heavy atom. The van der Waals surface area contributed by atoms with Crippen molar-refractivity contribution in [3.8, 4) is 0 Å². The van der Waals surface area contributed by atoms with Crippen LogP contribution in [0.5, 0.6) is 0 Å². The second-order valence-corrected chi connectivity index (χ2v) is 8.43. The van der Waals surface area contributed by atoms with Crippen LogP contribution in [0.3, 0.4) is 0 Å². The summed E-state index contributed by atoms with van der Waals surface area (Å²) in [6.45, 7) is 5.71. The Kier molecular flexibility index (Phi) is 5.95. The summed E-state index contributed by atoms with van der Waals surface area (Å²) in [6.07, 6.45) is 10.9. The second-order valence-electron chi connectivity index (χ2n) is 8.43. The fourth-order valence-electron chi connectivity index (χ4n) is 5.09. The van der Waals surface area contributed by atoms with Crippen LogP contribution in [0.1, 0.15) is 37.2 Å². The van der Waals surface area contributed by atoms with Crippen molar-refractivity contribution < 1.29 is 9.47 Å². The Balaban J connectivity index is 1.27. The highest BCUT2D eigenvalue weighted by Gasteiger charge is 2.29. The number of hydrogen-bond donors (Lipinski definition) is 1. The van der Waals surface area contributed by atoms with Gasteiger partial charge in [-0.25, -0.2) is 20.0 Å². The van der Waals surface area contributed by atoms with Crippen LogP contribution in [-0.4, -0.2) is 77.6 Å². The molecule has 5 heterocycles. The van der Waals surface area contributed by atoms with Crippen molar-refractivity contribution in [1.29, 1.82) is 0 Å². The number of H-pyrrole nitrogens is 1. The average molecular weight is 410 g/mol. The summed E-state index contributed by atoms with van der Waals surface area (Å²) < 4.78 is 11.1. The molecule has 2 saturated heterocycles. The molecule has 30 heavy (non-hydrogen) atoms. The molecule has 3 aromatic rings. The Morgan fingerprint density at radius 1 is 1.07 bits per heavy atom. The molecule has 0 spiro atoms. The van der Waals surface area contributed by atoms with Crippen LogP contribution in [0.4, 0.5) is 0 Å². The number of rotatable bonds is 6. The molecule has 2 aliphatic heterocycles. The lowest BCUT2D eigenvalue weighted by molar-refractivity contribution is -0.107. The third-order valence-corrected chi connectivity index (χ3v) is 6.63.